The largest absolute Gasteiger partial charge is 0.393 e. The Balaban J connectivity index is 1.84. The van der Waals surface area contributed by atoms with Gasteiger partial charge in [0.15, 0.2) is 0 Å². The second kappa shape index (κ2) is 5.47. The molecule has 0 radical (unpaired) electrons. The summed E-state index contributed by atoms with van der Waals surface area (Å²) in [6.45, 7) is 4.93. The number of aromatic nitrogens is 1. The second-order valence-electron chi connectivity index (χ2n) is 4.95. The number of nitrogens with two attached hydrogens (primary N) is 1. The summed E-state index contributed by atoms with van der Waals surface area (Å²) in [5, 5.41) is 9.54. The van der Waals surface area contributed by atoms with Crippen LogP contribution in [0.3, 0.4) is 0 Å². The maximum absolute atomic E-state index is 9.54. The molecule has 4 heteroatoms. The first-order valence-electron chi connectivity index (χ1n) is 6.26. The fourth-order valence-corrected chi connectivity index (χ4v) is 2.38. The molecule has 0 aromatic carbocycles. The lowest BCUT2D eigenvalue weighted by Crippen LogP contribution is -2.36. The van der Waals surface area contributed by atoms with Crippen molar-refractivity contribution in [2.45, 2.75) is 32.4 Å². The van der Waals surface area contributed by atoms with Crippen LogP contribution in [0.25, 0.3) is 0 Å². The number of nitrogen functional groups attached to an aromatic ring is 1. The first kappa shape index (κ1) is 12.3. The standard InChI is InChI=1S/C13H21N3O/c1-10(17)12-4-6-16(7-5-12)9-11-2-3-13(14)15-8-11/h2-3,8,10,12,17H,4-7,9H2,1H3,(H2,14,15). The summed E-state index contributed by atoms with van der Waals surface area (Å²) in [5.74, 6) is 1.04. The molecule has 0 spiro atoms. The fraction of sp³-hybridized carbons (Fsp3) is 0.615. The summed E-state index contributed by atoms with van der Waals surface area (Å²) >= 11 is 0. The molecule has 4 nitrogen and oxygen atoms in total. The van der Waals surface area contributed by atoms with Gasteiger partial charge in [-0.2, -0.15) is 0 Å². The van der Waals surface area contributed by atoms with E-state index >= 15 is 0 Å². The lowest BCUT2D eigenvalue weighted by molar-refractivity contribution is 0.0695. The van der Waals surface area contributed by atoms with Gasteiger partial charge in [0.05, 0.1) is 6.10 Å². The zero-order valence-corrected chi connectivity index (χ0v) is 10.3. The van der Waals surface area contributed by atoms with Gasteiger partial charge in [-0.05, 0) is 50.4 Å². The molecule has 1 aromatic heterocycles. The van der Waals surface area contributed by atoms with E-state index in [1.165, 1.54) is 5.56 Å². The van der Waals surface area contributed by atoms with E-state index in [0.717, 1.165) is 32.5 Å². The molecule has 2 rings (SSSR count). The van der Waals surface area contributed by atoms with E-state index in [2.05, 4.69) is 9.88 Å². The molecule has 0 aliphatic carbocycles. The third kappa shape index (κ3) is 3.41. The molecule has 1 saturated heterocycles. The molecular weight excluding hydrogens is 214 g/mol. The molecule has 1 atom stereocenters. The van der Waals surface area contributed by atoms with Crippen LogP contribution >= 0.6 is 0 Å². The van der Waals surface area contributed by atoms with E-state index in [1.807, 2.05) is 25.3 Å². The minimum Gasteiger partial charge on any atom is -0.393 e. The molecule has 1 aliphatic rings. The number of pyridine rings is 1. The van der Waals surface area contributed by atoms with Crippen molar-refractivity contribution in [3.8, 4) is 0 Å². The molecule has 0 amide bonds. The first-order chi connectivity index (χ1) is 8.15. The Hall–Kier alpha value is -1.13. The summed E-state index contributed by atoms with van der Waals surface area (Å²) in [7, 11) is 0. The Bertz CT molecular complexity index is 342. The average Bonchev–Trinajstić information content (AvgIpc) is 2.33. The summed E-state index contributed by atoms with van der Waals surface area (Å²) in [6.07, 6.45) is 3.84. The second-order valence-corrected chi connectivity index (χ2v) is 4.95. The van der Waals surface area contributed by atoms with Crippen molar-refractivity contribution in [1.82, 2.24) is 9.88 Å². The molecule has 1 aromatic rings. The Labute approximate surface area is 102 Å². The quantitative estimate of drug-likeness (QED) is 0.828. The minimum absolute atomic E-state index is 0.171. The van der Waals surface area contributed by atoms with Gasteiger partial charge in [-0.3, -0.25) is 4.90 Å². The zero-order valence-electron chi connectivity index (χ0n) is 10.3. The van der Waals surface area contributed by atoms with Crippen molar-refractivity contribution in [3.63, 3.8) is 0 Å². The third-order valence-corrected chi connectivity index (χ3v) is 3.57. The fourth-order valence-electron chi connectivity index (χ4n) is 2.38. The molecule has 2 heterocycles. The Kier molecular flexibility index (Phi) is 3.97. The Morgan fingerprint density at radius 2 is 2.18 bits per heavy atom. The molecule has 3 N–H and O–H groups in total. The van der Waals surface area contributed by atoms with Crippen LogP contribution < -0.4 is 5.73 Å². The molecule has 0 saturated carbocycles. The highest BCUT2D eigenvalue weighted by atomic mass is 16.3. The van der Waals surface area contributed by atoms with Crippen LogP contribution in [0.2, 0.25) is 0 Å². The monoisotopic (exact) mass is 235 g/mol. The predicted molar refractivity (Wildman–Crippen MR) is 68.3 cm³/mol. The van der Waals surface area contributed by atoms with Gasteiger partial charge in [-0.15, -0.1) is 0 Å². The first-order valence-corrected chi connectivity index (χ1v) is 6.26. The van der Waals surface area contributed by atoms with Gasteiger partial charge in [0.25, 0.3) is 0 Å². The Morgan fingerprint density at radius 1 is 1.47 bits per heavy atom. The van der Waals surface area contributed by atoms with Crippen molar-refractivity contribution in [2.24, 2.45) is 5.92 Å². The molecule has 17 heavy (non-hydrogen) atoms. The highest BCUT2D eigenvalue weighted by molar-refractivity contribution is 5.29. The van der Waals surface area contributed by atoms with Crippen LogP contribution in [-0.2, 0) is 6.54 Å². The average molecular weight is 235 g/mol. The number of piperidine rings is 1. The highest BCUT2D eigenvalue weighted by Gasteiger charge is 2.22. The minimum atomic E-state index is -0.171. The van der Waals surface area contributed by atoms with Crippen LogP contribution in [0.4, 0.5) is 5.82 Å². The van der Waals surface area contributed by atoms with Crippen LogP contribution in [0.1, 0.15) is 25.3 Å². The van der Waals surface area contributed by atoms with Gasteiger partial charge in [-0.25, -0.2) is 4.98 Å². The molecule has 1 aliphatic heterocycles. The van der Waals surface area contributed by atoms with Crippen molar-refractivity contribution < 1.29 is 5.11 Å². The summed E-state index contributed by atoms with van der Waals surface area (Å²) in [5.41, 5.74) is 6.76. The number of nitrogens with zero attached hydrogens (tertiary/aromatic N) is 2. The normalized spacial score (nSPS) is 20.4. The number of rotatable bonds is 3. The van der Waals surface area contributed by atoms with Crippen molar-refractivity contribution in [2.75, 3.05) is 18.8 Å². The van der Waals surface area contributed by atoms with E-state index in [-0.39, 0.29) is 6.10 Å². The maximum atomic E-state index is 9.54. The van der Waals surface area contributed by atoms with Crippen LogP contribution in [0, 0.1) is 5.92 Å². The number of likely N-dealkylation sites (tertiary alicyclic amines) is 1. The van der Waals surface area contributed by atoms with E-state index in [9.17, 15) is 5.11 Å². The smallest absolute Gasteiger partial charge is 0.123 e. The SMILES string of the molecule is CC(O)C1CCN(Cc2ccc(N)nc2)CC1. The van der Waals surface area contributed by atoms with E-state index in [0.29, 0.717) is 11.7 Å². The lowest BCUT2D eigenvalue weighted by atomic mass is 9.92. The summed E-state index contributed by atoms with van der Waals surface area (Å²) in [4.78, 5) is 6.51. The predicted octanol–water partition coefficient (Wildman–Crippen LogP) is 1.26. The molecule has 94 valence electrons. The van der Waals surface area contributed by atoms with Crippen molar-refractivity contribution in [3.05, 3.63) is 23.9 Å². The molecule has 0 bridgehead atoms. The summed E-state index contributed by atoms with van der Waals surface area (Å²) in [6, 6.07) is 3.88. The third-order valence-electron chi connectivity index (χ3n) is 3.57. The highest BCUT2D eigenvalue weighted by Crippen LogP contribution is 2.21. The lowest BCUT2D eigenvalue weighted by Gasteiger charge is -2.33. The number of anilines is 1. The van der Waals surface area contributed by atoms with E-state index in [4.69, 9.17) is 5.73 Å². The van der Waals surface area contributed by atoms with E-state index in [1.54, 1.807) is 0 Å². The van der Waals surface area contributed by atoms with Crippen LogP contribution in [0.5, 0.6) is 0 Å². The number of hydrogen-bond donors (Lipinski definition) is 2. The van der Waals surface area contributed by atoms with Gasteiger partial charge in [0.1, 0.15) is 5.82 Å². The maximum Gasteiger partial charge on any atom is 0.123 e. The van der Waals surface area contributed by atoms with Gasteiger partial charge in [0.2, 0.25) is 0 Å². The van der Waals surface area contributed by atoms with Crippen molar-refractivity contribution in [1.29, 1.82) is 0 Å². The molecule has 1 unspecified atom stereocenters. The number of aliphatic hydroxyl groups excluding tert-OH is 1. The van der Waals surface area contributed by atoms with Crippen LogP contribution in [0.15, 0.2) is 18.3 Å². The summed E-state index contributed by atoms with van der Waals surface area (Å²) < 4.78 is 0. The number of hydrogen-bond acceptors (Lipinski definition) is 4. The van der Waals surface area contributed by atoms with Gasteiger partial charge < -0.3 is 10.8 Å². The Morgan fingerprint density at radius 3 is 2.71 bits per heavy atom. The molecular formula is C13H21N3O. The van der Waals surface area contributed by atoms with Gasteiger partial charge >= 0.3 is 0 Å². The van der Waals surface area contributed by atoms with Crippen LogP contribution in [-0.4, -0.2) is 34.2 Å². The van der Waals surface area contributed by atoms with E-state index < -0.39 is 0 Å². The zero-order chi connectivity index (χ0) is 12.3. The molecule has 1 fully saturated rings. The number of aliphatic hydroxyl groups is 1. The van der Waals surface area contributed by atoms with Crippen molar-refractivity contribution >= 4 is 5.82 Å². The van der Waals surface area contributed by atoms with Gasteiger partial charge in [-0.1, -0.05) is 6.07 Å². The topological polar surface area (TPSA) is 62.4 Å². The van der Waals surface area contributed by atoms with Gasteiger partial charge in [0, 0.05) is 12.7 Å².